The number of hydrogen-bond acceptors (Lipinski definition) is 3. The lowest BCUT2D eigenvalue weighted by Gasteiger charge is -2.36. The molecule has 0 amide bonds. The maximum atomic E-state index is 4.90. The van der Waals surface area contributed by atoms with Crippen molar-refractivity contribution >= 4 is 5.96 Å². The number of nitrogens with zero attached hydrogens (tertiary/aromatic N) is 3. The van der Waals surface area contributed by atoms with Crippen LogP contribution < -0.4 is 10.6 Å². The first kappa shape index (κ1) is 22.7. The molecule has 0 bridgehead atoms. The van der Waals surface area contributed by atoms with Crippen LogP contribution in [-0.4, -0.2) is 74.7 Å². The molecule has 28 heavy (non-hydrogen) atoms. The third-order valence-electron chi connectivity index (χ3n) is 5.85. The van der Waals surface area contributed by atoms with Gasteiger partial charge in [0.1, 0.15) is 0 Å². The van der Waals surface area contributed by atoms with Crippen molar-refractivity contribution in [3.05, 3.63) is 35.4 Å². The van der Waals surface area contributed by atoms with E-state index in [9.17, 15) is 0 Å². The summed E-state index contributed by atoms with van der Waals surface area (Å²) in [5.74, 6) is 0.918. The van der Waals surface area contributed by atoms with Gasteiger partial charge in [-0.3, -0.25) is 9.89 Å². The predicted octanol–water partition coefficient (Wildman–Crippen LogP) is 2.72. The summed E-state index contributed by atoms with van der Waals surface area (Å²) in [4.78, 5) is 9.87. The lowest BCUT2D eigenvalue weighted by atomic mass is 9.84. The molecule has 1 saturated heterocycles. The van der Waals surface area contributed by atoms with Gasteiger partial charge in [-0.2, -0.15) is 0 Å². The summed E-state index contributed by atoms with van der Waals surface area (Å²) >= 11 is 0. The largest absolute Gasteiger partial charge is 0.357 e. The first-order valence-corrected chi connectivity index (χ1v) is 10.9. The number of rotatable bonds is 8. The van der Waals surface area contributed by atoms with E-state index in [0.717, 1.165) is 58.2 Å². The highest BCUT2D eigenvalue weighted by Crippen LogP contribution is 2.24. The van der Waals surface area contributed by atoms with Crippen LogP contribution in [0.1, 0.15) is 45.7 Å². The molecular formula is C23H41N5. The van der Waals surface area contributed by atoms with Crippen molar-refractivity contribution in [1.29, 1.82) is 0 Å². The highest BCUT2D eigenvalue weighted by atomic mass is 15.3. The average Bonchev–Trinajstić information content (AvgIpc) is 2.70. The van der Waals surface area contributed by atoms with Crippen molar-refractivity contribution in [2.45, 2.75) is 52.5 Å². The molecule has 1 atom stereocenters. The number of guanidine groups is 1. The van der Waals surface area contributed by atoms with Gasteiger partial charge >= 0.3 is 0 Å². The summed E-state index contributed by atoms with van der Waals surface area (Å²) in [5, 5.41) is 6.96. The Bertz CT molecular complexity index is 600. The van der Waals surface area contributed by atoms with E-state index in [1.807, 2.05) is 0 Å². The number of piperazine rings is 1. The van der Waals surface area contributed by atoms with Gasteiger partial charge < -0.3 is 15.5 Å². The monoisotopic (exact) mass is 387 g/mol. The van der Waals surface area contributed by atoms with E-state index in [0.29, 0.717) is 6.04 Å². The SMILES string of the molecule is CCNC(=NCC(C)(C)c1ccc(CC)cc1)NCC(C)N1CCN(C)CC1. The molecular weight excluding hydrogens is 346 g/mol. The van der Waals surface area contributed by atoms with Gasteiger partial charge in [-0.15, -0.1) is 0 Å². The normalized spacial score (nSPS) is 18.1. The van der Waals surface area contributed by atoms with Crippen LogP contribution in [0.5, 0.6) is 0 Å². The lowest BCUT2D eigenvalue weighted by molar-refractivity contribution is 0.120. The molecule has 1 aliphatic rings. The minimum absolute atomic E-state index is 0.0116. The number of aliphatic imine (C=N–C) groups is 1. The Labute approximate surface area is 172 Å². The van der Waals surface area contributed by atoms with E-state index in [1.54, 1.807) is 0 Å². The molecule has 1 fully saturated rings. The van der Waals surface area contributed by atoms with E-state index in [1.165, 1.54) is 11.1 Å². The molecule has 1 aromatic carbocycles. The van der Waals surface area contributed by atoms with Crippen LogP contribution in [0.15, 0.2) is 29.3 Å². The molecule has 1 heterocycles. The highest BCUT2D eigenvalue weighted by Gasteiger charge is 2.21. The third-order valence-corrected chi connectivity index (χ3v) is 5.85. The van der Waals surface area contributed by atoms with E-state index >= 15 is 0 Å². The fraction of sp³-hybridized carbons (Fsp3) is 0.696. The van der Waals surface area contributed by atoms with Crippen molar-refractivity contribution < 1.29 is 0 Å². The van der Waals surface area contributed by atoms with E-state index in [2.05, 4.69) is 86.4 Å². The van der Waals surface area contributed by atoms with Crippen LogP contribution in [0.25, 0.3) is 0 Å². The second kappa shape index (κ2) is 10.8. The van der Waals surface area contributed by atoms with E-state index < -0.39 is 0 Å². The minimum atomic E-state index is 0.0116. The molecule has 1 aromatic rings. The molecule has 1 unspecified atom stereocenters. The summed E-state index contributed by atoms with van der Waals surface area (Å²) in [6, 6.07) is 9.49. The van der Waals surface area contributed by atoms with Crippen molar-refractivity contribution in [2.75, 3.05) is 52.9 Å². The van der Waals surface area contributed by atoms with Gasteiger partial charge in [0.2, 0.25) is 0 Å². The first-order chi connectivity index (χ1) is 13.4. The summed E-state index contributed by atoms with van der Waals surface area (Å²) in [6.45, 7) is 18.3. The van der Waals surface area contributed by atoms with Crippen molar-refractivity contribution in [3.63, 3.8) is 0 Å². The van der Waals surface area contributed by atoms with Crippen LogP contribution in [0.3, 0.4) is 0 Å². The maximum Gasteiger partial charge on any atom is 0.191 e. The summed E-state index contributed by atoms with van der Waals surface area (Å²) in [5.41, 5.74) is 2.74. The Kier molecular flexibility index (Phi) is 8.77. The molecule has 158 valence electrons. The van der Waals surface area contributed by atoms with Gasteiger partial charge in [0.15, 0.2) is 5.96 Å². The molecule has 5 heteroatoms. The Morgan fingerprint density at radius 2 is 1.71 bits per heavy atom. The molecule has 0 aromatic heterocycles. The Morgan fingerprint density at radius 3 is 2.29 bits per heavy atom. The second-order valence-corrected chi connectivity index (χ2v) is 8.70. The van der Waals surface area contributed by atoms with Crippen LogP contribution in [0.2, 0.25) is 0 Å². The fourth-order valence-corrected chi connectivity index (χ4v) is 3.54. The van der Waals surface area contributed by atoms with Gasteiger partial charge in [0.25, 0.3) is 0 Å². The highest BCUT2D eigenvalue weighted by molar-refractivity contribution is 5.79. The van der Waals surface area contributed by atoms with Crippen LogP contribution >= 0.6 is 0 Å². The smallest absolute Gasteiger partial charge is 0.191 e. The second-order valence-electron chi connectivity index (χ2n) is 8.70. The number of aryl methyl sites for hydroxylation is 1. The zero-order valence-electron chi connectivity index (χ0n) is 18.9. The van der Waals surface area contributed by atoms with Crippen LogP contribution in [-0.2, 0) is 11.8 Å². The first-order valence-electron chi connectivity index (χ1n) is 10.9. The Balaban J connectivity index is 1.92. The standard InChI is InChI=1S/C23H41N5/c1-7-20-9-11-21(12-10-20)23(4,5)18-26-22(24-8-2)25-17-19(3)28-15-13-27(6)14-16-28/h9-12,19H,7-8,13-18H2,1-6H3,(H2,24,25,26). The number of nitrogens with one attached hydrogen (secondary N) is 2. The number of hydrogen-bond donors (Lipinski definition) is 2. The van der Waals surface area contributed by atoms with Crippen molar-refractivity contribution in [3.8, 4) is 0 Å². The molecule has 2 N–H and O–H groups in total. The number of benzene rings is 1. The quantitative estimate of drug-likeness (QED) is 0.532. The average molecular weight is 388 g/mol. The zero-order valence-corrected chi connectivity index (χ0v) is 18.9. The fourth-order valence-electron chi connectivity index (χ4n) is 3.54. The summed E-state index contributed by atoms with van der Waals surface area (Å²) < 4.78 is 0. The Hall–Kier alpha value is -1.59. The minimum Gasteiger partial charge on any atom is -0.357 e. The van der Waals surface area contributed by atoms with Crippen LogP contribution in [0, 0.1) is 0 Å². The summed E-state index contributed by atoms with van der Waals surface area (Å²) in [7, 11) is 2.20. The number of likely N-dealkylation sites (N-methyl/N-ethyl adjacent to an activating group) is 1. The molecule has 1 aliphatic heterocycles. The van der Waals surface area contributed by atoms with Crippen molar-refractivity contribution in [1.82, 2.24) is 20.4 Å². The topological polar surface area (TPSA) is 42.9 Å². The predicted molar refractivity (Wildman–Crippen MR) is 121 cm³/mol. The van der Waals surface area contributed by atoms with Gasteiger partial charge in [-0.25, -0.2) is 0 Å². The zero-order chi connectivity index (χ0) is 20.6. The van der Waals surface area contributed by atoms with Gasteiger partial charge in [0.05, 0.1) is 6.54 Å². The molecule has 0 radical (unpaired) electrons. The summed E-state index contributed by atoms with van der Waals surface area (Å²) in [6.07, 6.45) is 1.08. The van der Waals surface area contributed by atoms with Gasteiger partial charge in [0, 0.05) is 50.7 Å². The maximum absolute atomic E-state index is 4.90. The molecule has 5 nitrogen and oxygen atoms in total. The van der Waals surface area contributed by atoms with Gasteiger partial charge in [-0.05, 0) is 38.4 Å². The third kappa shape index (κ3) is 6.78. The van der Waals surface area contributed by atoms with E-state index in [-0.39, 0.29) is 5.41 Å². The van der Waals surface area contributed by atoms with Crippen molar-refractivity contribution in [2.24, 2.45) is 4.99 Å². The Morgan fingerprint density at radius 1 is 1.07 bits per heavy atom. The van der Waals surface area contributed by atoms with Gasteiger partial charge in [-0.1, -0.05) is 45.0 Å². The lowest BCUT2D eigenvalue weighted by Crippen LogP contribution is -2.52. The molecule has 2 rings (SSSR count). The molecule has 0 aliphatic carbocycles. The van der Waals surface area contributed by atoms with Crippen LogP contribution in [0.4, 0.5) is 0 Å². The molecule has 0 spiro atoms. The molecule has 0 saturated carbocycles. The van der Waals surface area contributed by atoms with E-state index in [4.69, 9.17) is 4.99 Å².